The van der Waals surface area contributed by atoms with Gasteiger partial charge in [-0.2, -0.15) is 0 Å². The van der Waals surface area contributed by atoms with Crippen molar-refractivity contribution >= 4 is 48.7 Å². The van der Waals surface area contributed by atoms with Crippen molar-refractivity contribution in [3.63, 3.8) is 0 Å². The first kappa shape index (κ1) is 16.3. The Morgan fingerprint density at radius 3 is 2.52 bits per heavy atom. The summed E-state index contributed by atoms with van der Waals surface area (Å²) in [5, 5.41) is 7.29. The van der Waals surface area contributed by atoms with E-state index in [2.05, 4.69) is 15.9 Å². The summed E-state index contributed by atoms with van der Waals surface area (Å²) >= 11 is 5.03. The molecule has 0 spiro atoms. The fourth-order valence-corrected chi connectivity index (χ4v) is 4.21. The number of anilines is 2. The van der Waals surface area contributed by atoms with Gasteiger partial charge in [0.05, 0.1) is 8.68 Å². The summed E-state index contributed by atoms with van der Waals surface area (Å²) in [6.07, 6.45) is 0. The highest BCUT2D eigenvalue weighted by molar-refractivity contribution is 9.11. The lowest BCUT2D eigenvalue weighted by molar-refractivity contribution is 0.597. The molecular weight excluding hydrogens is 374 g/mol. The molecule has 1 heterocycles. The van der Waals surface area contributed by atoms with E-state index >= 15 is 0 Å². The molecule has 21 heavy (non-hydrogen) atoms. The van der Waals surface area contributed by atoms with Crippen LogP contribution in [0.5, 0.6) is 0 Å². The molecule has 0 saturated heterocycles. The molecule has 8 heteroatoms. The van der Waals surface area contributed by atoms with Crippen LogP contribution in [0, 0.1) is 6.92 Å². The van der Waals surface area contributed by atoms with E-state index < -0.39 is 10.0 Å². The van der Waals surface area contributed by atoms with E-state index in [1.807, 2.05) is 23.4 Å². The molecule has 0 aliphatic rings. The quantitative estimate of drug-likeness (QED) is 0.786. The van der Waals surface area contributed by atoms with Gasteiger partial charge in [0.2, 0.25) is 10.0 Å². The number of halogens is 1. The van der Waals surface area contributed by atoms with Crippen molar-refractivity contribution in [1.29, 1.82) is 0 Å². The summed E-state index contributed by atoms with van der Waals surface area (Å²) in [7, 11) is -1.90. The lowest BCUT2D eigenvalue weighted by atomic mass is 10.1. The molecule has 0 atom stereocenters. The third-order valence-corrected chi connectivity index (χ3v) is 5.70. The maximum atomic E-state index is 11.6. The first-order valence-electron chi connectivity index (χ1n) is 6.05. The Labute approximate surface area is 136 Å². The molecule has 2 rings (SSSR count). The fourth-order valence-electron chi connectivity index (χ4n) is 2.17. The molecule has 5 nitrogen and oxygen atoms in total. The van der Waals surface area contributed by atoms with Crippen molar-refractivity contribution in [2.24, 2.45) is 5.14 Å². The van der Waals surface area contributed by atoms with Crippen molar-refractivity contribution < 1.29 is 8.42 Å². The third kappa shape index (κ3) is 3.76. The Hall–Kier alpha value is -1.09. The highest BCUT2D eigenvalue weighted by Crippen LogP contribution is 2.30. The minimum atomic E-state index is -3.79. The number of primary sulfonamides is 1. The molecule has 0 unspecified atom stereocenters. The van der Waals surface area contributed by atoms with Gasteiger partial charge in [0.1, 0.15) is 0 Å². The lowest BCUT2D eigenvalue weighted by Crippen LogP contribution is -2.20. The van der Waals surface area contributed by atoms with E-state index in [0.717, 1.165) is 15.0 Å². The number of benzene rings is 1. The van der Waals surface area contributed by atoms with Crippen LogP contribution in [-0.2, 0) is 16.6 Å². The molecule has 2 aromatic rings. The van der Waals surface area contributed by atoms with Gasteiger partial charge in [0, 0.05) is 25.0 Å². The molecular formula is C13H16BrN3O2S2. The molecule has 0 aliphatic carbocycles. The second kappa shape index (κ2) is 5.96. The zero-order valence-corrected chi connectivity index (χ0v) is 14.8. The SMILES string of the molecule is Cc1c(N(C)Cc2csc(Br)c2)cc(N)cc1S(N)(=O)=O. The number of nitrogen functional groups attached to an aromatic ring is 1. The van der Waals surface area contributed by atoms with Crippen LogP contribution in [0.15, 0.2) is 32.3 Å². The highest BCUT2D eigenvalue weighted by atomic mass is 79.9. The number of sulfonamides is 1. The van der Waals surface area contributed by atoms with E-state index in [-0.39, 0.29) is 4.90 Å². The summed E-state index contributed by atoms with van der Waals surface area (Å²) in [6.45, 7) is 2.38. The minimum absolute atomic E-state index is 0.0656. The lowest BCUT2D eigenvalue weighted by Gasteiger charge is -2.23. The number of thiophene rings is 1. The van der Waals surface area contributed by atoms with Crippen LogP contribution in [0.25, 0.3) is 0 Å². The normalized spacial score (nSPS) is 11.6. The first-order chi connectivity index (χ1) is 9.68. The van der Waals surface area contributed by atoms with Gasteiger partial charge in [0.15, 0.2) is 0 Å². The Bertz CT molecular complexity index is 772. The predicted octanol–water partition coefficient (Wildman–Crippen LogP) is 2.69. The van der Waals surface area contributed by atoms with Crippen LogP contribution in [0.4, 0.5) is 11.4 Å². The van der Waals surface area contributed by atoms with E-state index in [0.29, 0.717) is 17.8 Å². The molecule has 4 N–H and O–H groups in total. The average molecular weight is 390 g/mol. The highest BCUT2D eigenvalue weighted by Gasteiger charge is 2.17. The Morgan fingerprint density at radius 2 is 2.00 bits per heavy atom. The van der Waals surface area contributed by atoms with E-state index in [4.69, 9.17) is 10.9 Å². The number of nitrogens with zero attached hydrogens (tertiary/aromatic N) is 1. The van der Waals surface area contributed by atoms with Crippen LogP contribution in [-0.4, -0.2) is 15.5 Å². The van der Waals surface area contributed by atoms with Crippen LogP contribution in [0.1, 0.15) is 11.1 Å². The molecule has 0 saturated carbocycles. The smallest absolute Gasteiger partial charge is 0.238 e. The predicted molar refractivity (Wildman–Crippen MR) is 91.1 cm³/mol. The van der Waals surface area contributed by atoms with Gasteiger partial charge in [-0.05, 0) is 57.6 Å². The summed E-state index contributed by atoms with van der Waals surface area (Å²) in [5.41, 5.74) is 8.67. The first-order valence-corrected chi connectivity index (χ1v) is 9.27. The zero-order chi connectivity index (χ0) is 15.8. The second-order valence-electron chi connectivity index (χ2n) is 4.82. The Kier molecular flexibility index (Phi) is 4.62. The summed E-state index contributed by atoms with van der Waals surface area (Å²) in [4.78, 5) is 2.02. The van der Waals surface area contributed by atoms with Crippen LogP contribution < -0.4 is 15.8 Å². The van der Waals surface area contributed by atoms with E-state index in [9.17, 15) is 8.42 Å². The molecule has 0 aliphatic heterocycles. The number of hydrogen-bond acceptors (Lipinski definition) is 5. The Morgan fingerprint density at radius 1 is 1.33 bits per heavy atom. The molecule has 0 amide bonds. The monoisotopic (exact) mass is 389 g/mol. The maximum absolute atomic E-state index is 11.6. The maximum Gasteiger partial charge on any atom is 0.238 e. The van der Waals surface area contributed by atoms with Crippen LogP contribution >= 0.6 is 27.3 Å². The minimum Gasteiger partial charge on any atom is -0.399 e. The van der Waals surface area contributed by atoms with Crippen LogP contribution in [0.2, 0.25) is 0 Å². The fraction of sp³-hybridized carbons (Fsp3) is 0.231. The zero-order valence-electron chi connectivity index (χ0n) is 11.6. The summed E-state index contributed by atoms with van der Waals surface area (Å²) in [6, 6.07) is 5.18. The van der Waals surface area contributed by atoms with Gasteiger partial charge in [-0.1, -0.05) is 0 Å². The van der Waals surface area contributed by atoms with Crippen LogP contribution in [0.3, 0.4) is 0 Å². The number of nitrogens with two attached hydrogens (primary N) is 2. The number of rotatable bonds is 4. The van der Waals surface area contributed by atoms with Gasteiger partial charge >= 0.3 is 0 Å². The summed E-state index contributed by atoms with van der Waals surface area (Å²) in [5.74, 6) is 0. The molecule has 0 radical (unpaired) electrons. The van der Waals surface area contributed by atoms with Crippen molar-refractivity contribution in [2.75, 3.05) is 17.7 Å². The molecule has 1 aromatic carbocycles. The van der Waals surface area contributed by atoms with Gasteiger partial charge < -0.3 is 10.6 Å². The number of hydrogen-bond donors (Lipinski definition) is 2. The largest absolute Gasteiger partial charge is 0.399 e. The van der Waals surface area contributed by atoms with E-state index in [1.165, 1.54) is 6.07 Å². The van der Waals surface area contributed by atoms with Gasteiger partial charge in [-0.3, -0.25) is 0 Å². The standard InChI is InChI=1S/C13H16BrN3O2S2/c1-8-11(4-10(15)5-12(8)21(16,18)19)17(2)6-9-3-13(14)20-7-9/h3-5,7H,6,15H2,1-2H3,(H2,16,18,19). The molecule has 1 aromatic heterocycles. The van der Waals surface area contributed by atoms with Crippen molar-refractivity contribution in [3.05, 3.63) is 38.5 Å². The van der Waals surface area contributed by atoms with Gasteiger partial charge in [-0.25, -0.2) is 13.6 Å². The molecule has 0 fully saturated rings. The third-order valence-electron chi connectivity index (χ3n) is 3.11. The van der Waals surface area contributed by atoms with Crippen molar-refractivity contribution in [1.82, 2.24) is 0 Å². The second-order valence-corrected chi connectivity index (χ2v) is 8.64. The summed E-state index contributed by atoms with van der Waals surface area (Å²) < 4.78 is 24.3. The average Bonchev–Trinajstić information content (AvgIpc) is 2.75. The Balaban J connectivity index is 2.41. The van der Waals surface area contributed by atoms with Crippen molar-refractivity contribution in [2.45, 2.75) is 18.4 Å². The molecule has 0 bridgehead atoms. The van der Waals surface area contributed by atoms with Crippen molar-refractivity contribution in [3.8, 4) is 0 Å². The van der Waals surface area contributed by atoms with Gasteiger partial charge in [0.25, 0.3) is 0 Å². The van der Waals surface area contributed by atoms with Gasteiger partial charge in [-0.15, -0.1) is 11.3 Å². The van der Waals surface area contributed by atoms with E-state index in [1.54, 1.807) is 24.3 Å². The molecule has 114 valence electrons. The topological polar surface area (TPSA) is 89.4 Å².